The molecule has 0 aliphatic rings. The minimum atomic E-state index is -0.622. The summed E-state index contributed by atoms with van der Waals surface area (Å²) in [6.45, 7) is 4.02. The Labute approximate surface area is 132 Å². The molecule has 1 rings (SSSR count). The van der Waals surface area contributed by atoms with Gasteiger partial charge < -0.3 is 4.74 Å². The zero-order chi connectivity index (χ0) is 15.0. The summed E-state index contributed by atoms with van der Waals surface area (Å²) in [7, 11) is 0. The van der Waals surface area contributed by atoms with Crippen molar-refractivity contribution in [3.05, 3.63) is 28.7 Å². The molecule has 110 valence electrons. The van der Waals surface area contributed by atoms with Gasteiger partial charge in [0.2, 0.25) is 0 Å². The Bertz CT molecular complexity index is 445. The molecular formula is C15H19BrO3S. The number of thioether (sulfide) groups is 1. The highest BCUT2D eigenvalue weighted by molar-refractivity contribution is 9.10. The van der Waals surface area contributed by atoms with E-state index in [9.17, 15) is 9.59 Å². The Kier molecular flexibility index (Phi) is 7.92. The van der Waals surface area contributed by atoms with Crippen molar-refractivity contribution in [1.29, 1.82) is 0 Å². The zero-order valence-corrected chi connectivity index (χ0v) is 14.1. The number of benzene rings is 1. The molecule has 0 saturated heterocycles. The van der Waals surface area contributed by atoms with Crippen LogP contribution >= 0.6 is 27.7 Å². The molecule has 0 fully saturated rings. The van der Waals surface area contributed by atoms with Crippen LogP contribution in [0.25, 0.3) is 0 Å². The second kappa shape index (κ2) is 9.19. The van der Waals surface area contributed by atoms with E-state index in [1.807, 2.05) is 31.2 Å². The summed E-state index contributed by atoms with van der Waals surface area (Å²) in [6, 6.07) is 7.76. The van der Waals surface area contributed by atoms with Crippen LogP contribution in [0.15, 0.2) is 33.6 Å². The lowest BCUT2D eigenvalue weighted by atomic mass is 10.00. The van der Waals surface area contributed by atoms with Crippen LogP contribution in [0, 0.1) is 5.92 Å². The maximum Gasteiger partial charge on any atom is 0.316 e. The normalized spacial score (nSPS) is 11.9. The first kappa shape index (κ1) is 17.2. The molecule has 5 heteroatoms. The van der Waals surface area contributed by atoms with Crippen molar-refractivity contribution < 1.29 is 14.3 Å². The van der Waals surface area contributed by atoms with Gasteiger partial charge in [0.25, 0.3) is 0 Å². The number of rotatable bonds is 8. The molecule has 1 unspecified atom stereocenters. The summed E-state index contributed by atoms with van der Waals surface area (Å²) in [6.07, 6.45) is 1.34. The van der Waals surface area contributed by atoms with Crippen LogP contribution in [0.5, 0.6) is 0 Å². The zero-order valence-electron chi connectivity index (χ0n) is 11.7. The smallest absolute Gasteiger partial charge is 0.316 e. The number of hydrogen-bond donors (Lipinski definition) is 0. The highest BCUT2D eigenvalue weighted by Gasteiger charge is 2.26. The fourth-order valence-corrected chi connectivity index (χ4v) is 2.83. The quantitative estimate of drug-likeness (QED) is 0.398. The van der Waals surface area contributed by atoms with E-state index in [4.69, 9.17) is 4.74 Å². The Morgan fingerprint density at radius 1 is 1.25 bits per heavy atom. The monoisotopic (exact) mass is 358 g/mol. The van der Waals surface area contributed by atoms with Crippen molar-refractivity contribution in [1.82, 2.24) is 0 Å². The van der Waals surface area contributed by atoms with E-state index in [0.717, 1.165) is 15.8 Å². The minimum absolute atomic E-state index is 0.0572. The predicted octanol–water partition coefficient (Wildman–Crippen LogP) is 4.09. The average molecular weight is 359 g/mol. The molecule has 0 aliphatic heterocycles. The molecule has 3 nitrogen and oxygen atoms in total. The fraction of sp³-hybridized carbons (Fsp3) is 0.467. The molecule has 1 aromatic rings. The molecule has 0 N–H and O–H groups in total. The maximum absolute atomic E-state index is 12.2. The topological polar surface area (TPSA) is 43.4 Å². The number of esters is 1. The van der Waals surface area contributed by atoms with Crippen molar-refractivity contribution in [2.24, 2.45) is 5.92 Å². The van der Waals surface area contributed by atoms with Gasteiger partial charge in [-0.3, -0.25) is 9.59 Å². The third-order valence-electron chi connectivity index (χ3n) is 2.73. The lowest BCUT2D eigenvalue weighted by Crippen LogP contribution is -2.27. The number of halogens is 1. The molecule has 20 heavy (non-hydrogen) atoms. The first-order valence-electron chi connectivity index (χ1n) is 6.66. The van der Waals surface area contributed by atoms with E-state index in [1.165, 1.54) is 11.8 Å². The molecule has 1 atom stereocenters. The number of carbonyl (C=O) groups is 2. The molecule has 0 aliphatic carbocycles. The van der Waals surface area contributed by atoms with Crippen LogP contribution in [0.2, 0.25) is 0 Å². The van der Waals surface area contributed by atoms with Gasteiger partial charge in [0.1, 0.15) is 5.92 Å². The summed E-state index contributed by atoms with van der Waals surface area (Å²) in [5.41, 5.74) is 0. The van der Waals surface area contributed by atoms with Gasteiger partial charge in [-0.05, 0) is 37.6 Å². The second-order valence-electron chi connectivity index (χ2n) is 4.30. The van der Waals surface area contributed by atoms with Crippen molar-refractivity contribution in [2.45, 2.75) is 31.6 Å². The number of ether oxygens (including phenoxy) is 1. The van der Waals surface area contributed by atoms with E-state index in [-0.39, 0.29) is 5.78 Å². The van der Waals surface area contributed by atoms with Gasteiger partial charge in [-0.2, -0.15) is 0 Å². The average Bonchev–Trinajstić information content (AvgIpc) is 2.44. The predicted molar refractivity (Wildman–Crippen MR) is 84.9 cm³/mol. The van der Waals surface area contributed by atoms with Crippen LogP contribution in [0.3, 0.4) is 0 Å². The summed E-state index contributed by atoms with van der Waals surface area (Å²) in [5, 5.41) is 0. The highest BCUT2D eigenvalue weighted by Crippen LogP contribution is 2.22. The van der Waals surface area contributed by atoms with E-state index >= 15 is 0 Å². The summed E-state index contributed by atoms with van der Waals surface area (Å²) in [5.74, 6) is -0.776. The molecule has 0 aromatic heterocycles. The molecule has 1 aromatic carbocycles. The summed E-state index contributed by atoms with van der Waals surface area (Å²) >= 11 is 4.82. The Morgan fingerprint density at radius 2 is 1.90 bits per heavy atom. The highest BCUT2D eigenvalue weighted by atomic mass is 79.9. The lowest BCUT2D eigenvalue weighted by molar-refractivity contribution is -0.151. The van der Waals surface area contributed by atoms with Crippen LogP contribution in [0.4, 0.5) is 0 Å². The van der Waals surface area contributed by atoms with Crippen LogP contribution in [-0.2, 0) is 14.3 Å². The minimum Gasteiger partial charge on any atom is -0.465 e. The van der Waals surface area contributed by atoms with Gasteiger partial charge in [-0.1, -0.05) is 29.3 Å². The fourth-order valence-electron chi connectivity index (χ4n) is 1.73. The largest absolute Gasteiger partial charge is 0.465 e. The molecule has 0 heterocycles. The first-order chi connectivity index (χ1) is 9.58. The number of carbonyl (C=O) groups excluding carboxylic acids is 2. The second-order valence-corrected chi connectivity index (χ2v) is 6.27. The standard InChI is InChI=1S/C15H19BrO3S/c1-3-5-13(15(18)19-4-2)14(17)10-20-12-8-6-11(16)7-9-12/h6-9,13H,3-5,10H2,1-2H3. The van der Waals surface area contributed by atoms with Crippen LogP contribution < -0.4 is 0 Å². The van der Waals surface area contributed by atoms with Crippen LogP contribution in [0.1, 0.15) is 26.7 Å². The Morgan fingerprint density at radius 3 is 2.45 bits per heavy atom. The van der Waals surface area contributed by atoms with Gasteiger partial charge in [-0.15, -0.1) is 11.8 Å². The number of hydrogen-bond acceptors (Lipinski definition) is 4. The third kappa shape index (κ3) is 5.67. The Balaban J connectivity index is 2.57. The van der Waals surface area contributed by atoms with Crippen molar-refractivity contribution >= 4 is 39.4 Å². The molecular weight excluding hydrogens is 340 g/mol. The van der Waals surface area contributed by atoms with E-state index < -0.39 is 11.9 Å². The van der Waals surface area contributed by atoms with E-state index in [2.05, 4.69) is 15.9 Å². The number of Topliss-reactive ketones (excluding diaryl/α,β-unsaturated/α-hetero) is 1. The lowest BCUT2D eigenvalue weighted by Gasteiger charge is -2.13. The van der Waals surface area contributed by atoms with E-state index in [0.29, 0.717) is 18.8 Å². The van der Waals surface area contributed by atoms with Gasteiger partial charge in [-0.25, -0.2) is 0 Å². The molecule has 0 bridgehead atoms. The Hall–Kier alpha value is -0.810. The summed E-state index contributed by atoms with van der Waals surface area (Å²) < 4.78 is 5.97. The first-order valence-corrected chi connectivity index (χ1v) is 8.44. The van der Waals surface area contributed by atoms with Crippen molar-refractivity contribution in [3.8, 4) is 0 Å². The molecule has 0 amide bonds. The molecule has 0 spiro atoms. The van der Waals surface area contributed by atoms with Crippen molar-refractivity contribution in [3.63, 3.8) is 0 Å². The van der Waals surface area contributed by atoms with E-state index in [1.54, 1.807) is 6.92 Å². The SMILES string of the molecule is CCCC(C(=O)CSc1ccc(Br)cc1)C(=O)OCC. The molecule has 0 saturated carbocycles. The third-order valence-corrected chi connectivity index (χ3v) is 4.29. The summed E-state index contributed by atoms with van der Waals surface area (Å²) in [4.78, 5) is 24.9. The van der Waals surface area contributed by atoms with Crippen molar-refractivity contribution in [2.75, 3.05) is 12.4 Å². The number of ketones is 1. The van der Waals surface area contributed by atoms with Gasteiger partial charge in [0, 0.05) is 9.37 Å². The maximum atomic E-state index is 12.2. The van der Waals surface area contributed by atoms with Gasteiger partial charge >= 0.3 is 5.97 Å². The molecule has 0 radical (unpaired) electrons. The van der Waals surface area contributed by atoms with Gasteiger partial charge in [0.05, 0.1) is 12.4 Å². The van der Waals surface area contributed by atoms with Gasteiger partial charge in [0.15, 0.2) is 5.78 Å². The van der Waals surface area contributed by atoms with Crippen LogP contribution in [-0.4, -0.2) is 24.1 Å².